The second-order valence-corrected chi connectivity index (χ2v) is 5.95. The Bertz CT molecular complexity index is 521. The van der Waals surface area contributed by atoms with Gasteiger partial charge in [0, 0.05) is 18.7 Å². The predicted octanol–water partition coefficient (Wildman–Crippen LogP) is 2.40. The van der Waals surface area contributed by atoms with E-state index in [0.29, 0.717) is 6.42 Å². The first-order valence-electron chi connectivity index (χ1n) is 7.36. The molecule has 2 heterocycles. The maximum absolute atomic E-state index is 11.4. The summed E-state index contributed by atoms with van der Waals surface area (Å²) in [5, 5.41) is 6.34. The van der Waals surface area contributed by atoms with Crippen LogP contribution in [0, 0.1) is 0 Å². The average Bonchev–Trinajstić information content (AvgIpc) is 2.87. The number of hydrogen-bond acceptors (Lipinski definition) is 3. The van der Waals surface area contributed by atoms with Gasteiger partial charge in [0.15, 0.2) is 0 Å². The first-order chi connectivity index (χ1) is 9.62. The van der Waals surface area contributed by atoms with Gasteiger partial charge in [-0.25, -0.2) is 0 Å². The van der Waals surface area contributed by atoms with Crippen molar-refractivity contribution in [2.75, 3.05) is 19.0 Å². The Morgan fingerprint density at radius 2 is 2.25 bits per heavy atom. The molecule has 1 aromatic rings. The van der Waals surface area contributed by atoms with Crippen molar-refractivity contribution in [3.05, 3.63) is 29.3 Å². The van der Waals surface area contributed by atoms with E-state index in [0.717, 1.165) is 31.6 Å². The summed E-state index contributed by atoms with van der Waals surface area (Å²) in [6.07, 6.45) is 3.60. The number of aryl methyl sites for hydroxylation is 1. The largest absolute Gasteiger partial charge is 0.373 e. The van der Waals surface area contributed by atoms with Gasteiger partial charge in [0.1, 0.15) is 0 Å². The van der Waals surface area contributed by atoms with Crippen LogP contribution in [-0.2, 0) is 16.0 Å². The summed E-state index contributed by atoms with van der Waals surface area (Å²) in [7, 11) is 1.98. The number of rotatable bonds is 3. The first kappa shape index (κ1) is 13.6. The summed E-state index contributed by atoms with van der Waals surface area (Å²) in [5.41, 5.74) is 3.29. The minimum atomic E-state index is -0.138. The topological polar surface area (TPSA) is 50.4 Å². The van der Waals surface area contributed by atoms with Crippen LogP contribution in [0.2, 0.25) is 0 Å². The van der Waals surface area contributed by atoms with Gasteiger partial charge in [0.25, 0.3) is 0 Å². The minimum Gasteiger partial charge on any atom is -0.373 e. The van der Waals surface area contributed by atoms with Crippen molar-refractivity contribution in [2.24, 2.45) is 0 Å². The van der Waals surface area contributed by atoms with Crippen LogP contribution >= 0.6 is 0 Å². The molecule has 108 valence electrons. The van der Waals surface area contributed by atoms with Crippen LogP contribution in [0.25, 0.3) is 0 Å². The second-order valence-electron chi connectivity index (χ2n) is 5.95. The Kier molecular flexibility index (Phi) is 3.52. The molecular weight excluding hydrogens is 252 g/mol. The third kappa shape index (κ3) is 2.34. The Morgan fingerprint density at radius 1 is 1.40 bits per heavy atom. The fourth-order valence-corrected chi connectivity index (χ4v) is 3.44. The molecule has 2 aliphatic rings. The molecule has 0 aliphatic carbocycles. The molecule has 2 N–H and O–H groups in total. The highest BCUT2D eigenvalue weighted by Crippen LogP contribution is 2.38. The molecule has 0 saturated carbocycles. The molecule has 2 atom stereocenters. The third-order valence-electron chi connectivity index (χ3n) is 4.51. The van der Waals surface area contributed by atoms with Gasteiger partial charge in [-0.2, -0.15) is 0 Å². The molecule has 0 bridgehead atoms. The number of ether oxygens (including phenoxy) is 1. The van der Waals surface area contributed by atoms with E-state index in [-0.39, 0.29) is 17.6 Å². The Hall–Kier alpha value is -1.39. The van der Waals surface area contributed by atoms with Crippen molar-refractivity contribution in [1.29, 1.82) is 0 Å². The lowest BCUT2D eigenvalue weighted by molar-refractivity contribution is -0.116. The number of carbonyl (C=O) groups excluding carboxylic acids is 1. The van der Waals surface area contributed by atoms with Gasteiger partial charge in [0.2, 0.25) is 5.91 Å². The van der Waals surface area contributed by atoms with Gasteiger partial charge in [-0.3, -0.25) is 4.79 Å². The summed E-state index contributed by atoms with van der Waals surface area (Å²) in [5.74, 6) is 0.113. The second kappa shape index (κ2) is 5.19. The lowest BCUT2D eigenvalue weighted by atomic mass is 9.86. The van der Waals surface area contributed by atoms with Crippen LogP contribution in [0.15, 0.2) is 18.2 Å². The smallest absolute Gasteiger partial charge is 0.224 e. The van der Waals surface area contributed by atoms with Gasteiger partial charge in [-0.15, -0.1) is 0 Å². The van der Waals surface area contributed by atoms with Crippen molar-refractivity contribution >= 4 is 11.6 Å². The van der Waals surface area contributed by atoms with E-state index in [9.17, 15) is 4.79 Å². The van der Waals surface area contributed by atoms with Gasteiger partial charge in [-0.05, 0) is 50.4 Å². The fourth-order valence-electron chi connectivity index (χ4n) is 3.44. The Balaban J connectivity index is 1.91. The van der Waals surface area contributed by atoms with Crippen LogP contribution in [0.1, 0.15) is 43.4 Å². The highest BCUT2D eigenvalue weighted by atomic mass is 16.5. The van der Waals surface area contributed by atoms with Crippen LogP contribution in [0.4, 0.5) is 5.69 Å². The van der Waals surface area contributed by atoms with E-state index in [2.05, 4.69) is 29.7 Å². The van der Waals surface area contributed by atoms with Crippen molar-refractivity contribution < 1.29 is 9.53 Å². The minimum absolute atomic E-state index is 0.113. The number of amides is 1. The molecule has 2 unspecified atom stereocenters. The highest BCUT2D eigenvalue weighted by Gasteiger charge is 2.38. The number of likely N-dealkylation sites (N-methyl/N-ethyl adjacent to an activating group) is 1. The standard InChI is InChI=1S/C16H22N2O2/c1-16(8-3-9-20-16)15(17-2)12-4-6-13-11(10-12)5-7-14(19)18-13/h4,6,10,15,17H,3,5,7-9H2,1-2H3,(H,18,19). The van der Waals surface area contributed by atoms with Crippen molar-refractivity contribution in [1.82, 2.24) is 5.32 Å². The zero-order valence-corrected chi connectivity index (χ0v) is 12.2. The third-order valence-corrected chi connectivity index (χ3v) is 4.51. The molecule has 4 heteroatoms. The van der Waals surface area contributed by atoms with Crippen molar-refractivity contribution in [3.8, 4) is 0 Å². The summed E-state index contributed by atoms with van der Waals surface area (Å²) >= 11 is 0. The van der Waals surface area contributed by atoms with Crippen LogP contribution in [0.5, 0.6) is 0 Å². The van der Waals surface area contributed by atoms with E-state index in [1.165, 1.54) is 11.1 Å². The molecule has 1 amide bonds. The maximum Gasteiger partial charge on any atom is 0.224 e. The first-order valence-corrected chi connectivity index (χ1v) is 7.36. The van der Waals surface area contributed by atoms with Crippen molar-refractivity contribution in [3.63, 3.8) is 0 Å². The SMILES string of the molecule is CNC(c1ccc2c(c1)CCC(=O)N2)C1(C)CCCO1. The maximum atomic E-state index is 11.4. The summed E-state index contributed by atoms with van der Waals surface area (Å²) in [6, 6.07) is 6.51. The lowest BCUT2D eigenvalue weighted by Crippen LogP contribution is -2.39. The van der Waals surface area contributed by atoms with Gasteiger partial charge in [0.05, 0.1) is 11.6 Å². The van der Waals surface area contributed by atoms with Crippen LogP contribution in [0.3, 0.4) is 0 Å². The van der Waals surface area contributed by atoms with E-state index >= 15 is 0 Å². The zero-order chi connectivity index (χ0) is 14.2. The van der Waals surface area contributed by atoms with E-state index < -0.39 is 0 Å². The van der Waals surface area contributed by atoms with Crippen LogP contribution in [-0.4, -0.2) is 25.2 Å². The molecule has 4 nitrogen and oxygen atoms in total. The molecule has 0 aromatic heterocycles. The molecule has 0 spiro atoms. The normalized spacial score (nSPS) is 27.0. The Morgan fingerprint density at radius 3 is 2.95 bits per heavy atom. The molecule has 1 saturated heterocycles. The molecule has 3 rings (SSSR count). The summed E-state index contributed by atoms with van der Waals surface area (Å²) in [6.45, 7) is 3.03. The number of fused-ring (bicyclic) bond motifs is 1. The van der Waals surface area contributed by atoms with E-state index in [1.54, 1.807) is 0 Å². The van der Waals surface area contributed by atoms with E-state index in [4.69, 9.17) is 4.74 Å². The quantitative estimate of drug-likeness (QED) is 0.890. The van der Waals surface area contributed by atoms with E-state index in [1.807, 2.05) is 13.1 Å². The number of anilines is 1. The predicted molar refractivity (Wildman–Crippen MR) is 78.8 cm³/mol. The van der Waals surface area contributed by atoms with Gasteiger partial charge >= 0.3 is 0 Å². The van der Waals surface area contributed by atoms with Gasteiger partial charge < -0.3 is 15.4 Å². The molecule has 0 radical (unpaired) electrons. The number of carbonyl (C=O) groups is 1. The number of hydrogen-bond donors (Lipinski definition) is 2. The summed E-state index contributed by atoms with van der Waals surface area (Å²) < 4.78 is 5.98. The Labute approximate surface area is 119 Å². The van der Waals surface area contributed by atoms with Gasteiger partial charge in [-0.1, -0.05) is 12.1 Å². The zero-order valence-electron chi connectivity index (χ0n) is 12.2. The molecule has 2 aliphatic heterocycles. The number of nitrogens with one attached hydrogen (secondary N) is 2. The molecule has 1 aromatic carbocycles. The molecule has 20 heavy (non-hydrogen) atoms. The lowest BCUT2D eigenvalue weighted by Gasteiger charge is -2.34. The average molecular weight is 274 g/mol. The molecule has 1 fully saturated rings. The number of benzene rings is 1. The highest BCUT2D eigenvalue weighted by molar-refractivity contribution is 5.93. The van der Waals surface area contributed by atoms with Crippen LogP contribution < -0.4 is 10.6 Å². The monoisotopic (exact) mass is 274 g/mol. The van der Waals surface area contributed by atoms with Crippen molar-refractivity contribution in [2.45, 2.75) is 44.2 Å². The fraction of sp³-hybridized carbons (Fsp3) is 0.562. The molecular formula is C16H22N2O2. The summed E-state index contributed by atoms with van der Waals surface area (Å²) in [4.78, 5) is 11.4.